The maximum Gasteiger partial charge on any atom is 0.149 e. The normalized spacial score (nSPS) is 23.8. The summed E-state index contributed by atoms with van der Waals surface area (Å²) in [4.78, 5) is 0. The molecule has 2 atom stereocenters. The molecule has 1 heterocycles. The minimum atomic E-state index is 0.0625. The fourth-order valence-electron chi connectivity index (χ4n) is 1.33. The lowest BCUT2D eigenvalue weighted by Gasteiger charge is -1.90. The minimum absolute atomic E-state index is 0.0625. The van der Waals surface area contributed by atoms with Gasteiger partial charge in [-0.15, -0.1) is 0 Å². The summed E-state index contributed by atoms with van der Waals surface area (Å²) in [6.07, 6.45) is 0.230. The van der Waals surface area contributed by atoms with Crippen LogP contribution in [-0.2, 0) is 9.47 Å². The monoisotopic (exact) mass is 188 g/mol. The molecule has 0 spiro atoms. The topological polar surface area (TPSA) is 21.8 Å². The van der Waals surface area contributed by atoms with Crippen LogP contribution < -0.4 is 0 Å². The Hall–Kier alpha value is -1.30. The fourth-order valence-corrected chi connectivity index (χ4v) is 1.33. The van der Waals surface area contributed by atoms with Gasteiger partial charge in [0.2, 0.25) is 0 Å². The summed E-state index contributed by atoms with van der Waals surface area (Å²) in [6, 6.07) is 10.1. The highest BCUT2D eigenvalue weighted by Gasteiger charge is 2.38. The van der Waals surface area contributed by atoms with Crippen molar-refractivity contribution < 1.29 is 9.47 Å². The van der Waals surface area contributed by atoms with Crippen LogP contribution in [-0.4, -0.2) is 19.8 Å². The summed E-state index contributed by atoms with van der Waals surface area (Å²) in [5.41, 5.74) is 1.20. The van der Waals surface area contributed by atoms with Crippen LogP contribution in [0, 0.1) is 11.8 Å². The average Bonchev–Trinajstić information content (AvgIpc) is 2.99. The molecule has 1 aromatic carbocycles. The van der Waals surface area contributed by atoms with Crippen LogP contribution in [0.15, 0.2) is 30.3 Å². The average molecular weight is 188 g/mol. The Labute approximate surface area is 83.8 Å². The first-order valence-electron chi connectivity index (χ1n) is 4.59. The van der Waals surface area contributed by atoms with E-state index in [1.54, 1.807) is 7.11 Å². The Balaban J connectivity index is 1.91. The van der Waals surface area contributed by atoms with Crippen molar-refractivity contribution in [2.45, 2.75) is 12.2 Å². The second kappa shape index (κ2) is 4.28. The molecule has 0 N–H and O–H groups in total. The second-order valence-corrected chi connectivity index (χ2v) is 3.14. The van der Waals surface area contributed by atoms with Gasteiger partial charge in [0.25, 0.3) is 0 Å². The zero-order valence-corrected chi connectivity index (χ0v) is 8.07. The first kappa shape index (κ1) is 9.26. The van der Waals surface area contributed by atoms with Gasteiger partial charge in [0.15, 0.2) is 0 Å². The predicted octanol–water partition coefficient (Wildman–Crippen LogP) is 1.78. The van der Waals surface area contributed by atoms with Crippen molar-refractivity contribution in [2.75, 3.05) is 13.7 Å². The lowest BCUT2D eigenvalue weighted by Crippen LogP contribution is -1.86. The predicted molar refractivity (Wildman–Crippen MR) is 53.7 cm³/mol. The van der Waals surface area contributed by atoms with Crippen molar-refractivity contribution >= 4 is 0 Å². The lowest BCUT2D eigenvalue weighted by molar-refractivity contribution is 0.239. The van der Waals surface area contributed by atoms with Crippen LogP contribution in [0.4, 0.5) is 0 Å². The molecule has 0 bridgehead atoms. The van der Waals surface area contributed by atoms with E-state index in [-0.39, 0.29) is 12.2 Å². The van der Waals surface area contributed by atoms with Gasteiger partial charge in [-0.1, -0.05) is 42.2 Å². The highest BCUT2D eigenvalue weighted by molar-refractivity contribution is 5.27. The molecule has 0 saturated carbocycles. The SMILES string of the molecule is COCC#C[C@H]1O[C@H]1c1ccccc1. The standard InChI is InChI=1S/C12H12O2/c1-13-9-5-8-11-12(14-11)10-6-3-2-4-7-10/h2-4,6-7,11-12H,9H2,1H3/t11-,12+/m1/s1. The molecule has 2 nitrogen and oxygen atoms in total. The molecule has 0 unspecified atom stereocenters. The summed E-state index contributed by atoms with van der Waals surface area (Å²) in [6.45, 7) is 0.474. The van der Waals surface area contributed by atoms with Crippen LogP contribution in [0.2, 0.25) is 0 Å². The maximum absolute atomic E-state index is 5.42. The quantitative estimate of drug-likeness (QED) is 0.521. The molecule has 0 amide bonds. The smallest absolute Gasteiger partial charge is 0.149 e. The van der Waals surface area contributed by atoms with E-state index in [1.165, 1.54) is 5.56 Å². The molecule has 2 heteroatoms. The molecule has 14 heavy (non-hydrogen) atoms. The largest absolute Gasteiger partial charge is 0.372 e. The Morgan fingerprint density at radius 2 is 2.14 bits per heavy atom. The van der Waals surface area contributed by atoms with E-state index in [0.717, 1.165) is 0 Å². The van der Waals surface area contributed by atoms with Crippen LogP contribution in [0.3, 0.4) is 0 Å². The zero-order chi connectivity index (χ0) is 9.80. The Morgan fingerprint density at radius 1 is 1.36 bits per heavy atom. The third-order valence-corrected chi connectivity index (χ3v) is 2.08. The molecule has 1 aromatic rings. The highest BCUT2D eigenvalue weighted by Crippen LogP contribution is 2.37. The first-order valence-corrected chi connectivity index (χ1v) is 4.59. The lowest BCUT2D eigenvalue weighted by atomic mass is 10.1. The number of hydrogen-bond donors (Lipinski definition) is 0. The van der Waals surface area contributed by atoms with Crippen molar-refractivity contribution in [1.29, 1.82) is 0 Å². The van der Waals surface area contributed by atoms with E-state index < -0.39 is 0 Å². The molecule has 72 valence electrons. The van der Waals surface area contributed by atoms with Gasteiger partial charge in [0.05, 0.1) is 0 Å². The van der Waals surface area contributed by atoms with E-state index in [0.29, 0.717) is 6.61 Å². The number of methoxy groups -OCH3 is 1. The molecule has 0 aromatic heterocycles. The highest BCUT2D eigenvalue weighted by atomic mass is 16.6. The van der Waals surface area contributed by atoms with E-state index in [4.69, 9.17) is 9.47 Å². The van der Waals surface area contributed by atoms with Gasteiger partial charge in [-0.25, -0.2) is 0 Å². The van der Waals surface area contributed by atoms with Gasteiger partial charge in [0.1, 0.15) is 18.8 Å². The van der Waals surface area contributed by atoms with Crippen molar-refractivity contribution in [3.05, 3.63) is 35.9 Å². The van der Waals surface area contributed by atoms with E-state index in [1.807, 2.05) is 18.2 Å². The fraction of sp³-hybridized carbons (Fsp3) is 0.333. The number of hydrogen-bond acceptors (Lipinski definition) is 2. The van der Waals surface area contributed by atoms with Crippen molar-refractivity contribution in [2.24, 2.45) is 0 Å². The second-order valence-electron chi connectivity index (χ2n) is 3.14. The summed E-state index contributed by atoms with van der Waals surface area (Å²) in [7, 11) is 1.64. The van der Waals surface area contributed by atoms with Crippen LogP contribution >= 0.6 is 0 Å². The van der Waals surface area contributed by atoms with Crippen molar-refractivity contribution in [3.63, 3.8) is 0 Å². The van der Waals surface area contributed by atoms with Gasteiger partial charge < -0.3 is 9.47 Å². The molecule has 2 rings (SSSR count). The van der Waals surface area contributed by atoms with Crippen LogP contribution in [0.5, 0.6) is 0 Å². The third kappa shape index (κ3) is 2.14. The molecule has 0 aliphatic carbocycles. The van der Waals surface area contributed by atoms with Crippen molar-refractivity contribution in [3.8, 4) is 11.8 Å². The molecule has 1 fully saturated rings. The Morgan fingerprint density at radius 3 is 2.86 bits per heavy atom. The molecule has 1 aliphatic heterocycles. The van der Waals surface area contributed by atoms with E-state index >= 15 is 0 Å². The van der Waals surface area contributed by atoms with Gasteiger partial charge in [0, 0.05) is 7.11 Å². The van der Waals surface area contributed by atoms with Gasteiger partial charge in [-0.3, -0.25) is 0 Å². The van der Waals surface area contributed by atoms with Gasteiger partial charge >= 0.3 is 0 Å². The van der Waals surface area contributed by atoms with E-state index in [9.17, 15) is 0 Å². The Kier molecular flexibility index (Phi) is 2.83. The number of rotatable bonds is 2. The van der Waals surface area contributed by atoms with Crippen LogP contribution in [0.1, 0.15) is 11.7 Å². The maximum atomic E-state index is 5.42. The molecule has 1 saturated heterocycles. The molecule has 0 radical (unpaired) electrons. The number of benzene rings is 1. The number of epoxide rings is 1. The van der Waals surface area contributed by atoms with Crippen LogP contribution in [0.25, 0.3) is 0 Å². The Bertz CT molecular complexity index is 348. The molecular weight excluding hydrogens is 176 g/mol. The van der Waals surface area contributed by atoms with Gasteiger partial charge in [-0.05, 0) is 5.56 Å². The summed E-state index contributed by atoms with van der Waals surface area (Å²) in [5.74, 6) is 5.91. The molecular formula is C12H12O2. The van der Waals surface area contributed by atoms with E-state index in [2.05, 4.69) is 24.0 Å². The zero-order valence-electron chi connectivity index (χ0n) is 8.07. The number of ether oxygens (including phenoxy) is 2. The molecule has 1 aliphatic rings. The summed E-state index contributed by atoms with van der Waals surface area (Å²) in [5, 5.41) is 0. The summed E-state index contributed by atoms with van der Waals surface area (Å²) >= 11 is 0. The van der Waals surface area contributed by atoms with Crippen molar-refractivity contribution in [1.82, 2.24) is 0 Å². The third-order valence-electron chi connectivity index (χ3n) is 2.08. The van der Waals surface area contributed by atoms with Gasteiger partial charge in [-0.2, -0.15) is 0 Å². The summed E-state index contributed by atoms with van der Waals surface area (Å²) < 4.78 is 10.3. The first-order chi connectivity index (χ1) is 6.92. The minimum Gasteiger partial charge on any atom is -0.372 e.